The van der Waals surface area contributed by atoms with Crippen LogP contribution >= 0.6 is 0 Å². The molecule has 2 amide bonds. The van der Waals surface area contributed by atoms with Gasteiger partial charge in [-0.25, -0.2) is 13.6 Å². The lowest BCUT2D eigenvalue weighted by Gasteiger charge is -2.45. The maximum Gasteiger partial charge on any atom is 0.319 e. The van der Waals surface area contributed by atoms with Crippen LogP contribution in [-0.4, -0.2) is 50.3 Å². The summed E-state index contributed by atoms with van der Waals surface area (Å²) >= 11 is 0. The minimum absolute atomic E-state index is 0.0161. The number of methoxy groups -OCH3 is 2. The number of carbonyl (C=O) groups excluding carboxylic acids is 1. The SMILES string of the molecule is COc1ccc([C@@]23CC[C@H](NC(=O)Nc4cc(F)ccc4F)C[C@H]2N(CC2CC2)CC3)cc1OC. The van der Waals surface area contributed by atoms with Crippen molar-refractivity contribution >= 4 is 11.7 Å². The predicted octanol–water partition coefficient (Wildman–Crippen LogP) is 5.08. The zero-order chi connectivity index (χ0) is 24.6. The van der Waals surface area contributed by atoms with Crippen LogP contribution < -0.4 is 20.1 Å². The van der Waals surface area contributed by atoms with E-state index in [2.05, 4.69) is 27.7 Å². The first-order valence-electron chi connectivity index (χ1n) is 12.4. The number of hydrogen-bond donors (Lipinski definition) is 2. The van der Waals surface area contributed by atoms with Crippen LogP contribution in [0.3, 0.4) is 0 Å². The Kier molecular flexibility index (Phi) is 6.57. The van der Waals surface area contributed by atoms with Crippen molar-refractivity contribution < 1.29 is 23.0 Å². The molecule has 2 N–H and O–H groups in total. The first kappa shape index (κ1) is 23.9. The summed E-state index contributed by atoms with van der Waals surface area (Å²) in [5.74, 6) is 0.956. The summed E-state index contributed by atoms with van der Waals surface area (Å²) in [5, 5.41) is 5.49. The number of amides is 2. The van der Waals surface area contributed by atoms with E-state index in [-0.39, 0.29) is 23.2 Å². The van der Waals surface area contributed by atoms with Crippen LogP contribution in [0.5, 0.6) is 11.5 Å². The molecule has 6 nitrogen and oxygen atoms in total. The molecule has 0 radical (unpaired) electrons. The van der Waals surface area contributed by atoms with Crippen LogP contribution in [0.15, 0.2) is 36.4 Å². The highest BCUT2D eigenvalue weighted by molar-refractivity contribution is 5.89. The molecule has 1 heterocycles. The van der Waals surface area contributed by atoms with Crippen LogP contribution in [0, 0.1) is 17.6 Å². The van der Waals surface area contributed by atoms with Crippen molar-refractivity contribution in [1.29, 1.82) is 0 Å². The van der Waals surface area contributed by atoms with Crippen molar-refractivity contribution in [2.45, 2.75) is 56.0 Å². The van der Waals surface area contributed by atoms with Crippen LogP contribution in [0.2, 0.25) is 0 Å². The molecule has 0 bridgehead atoms. The van der Waals surface area contributed by atoms with Crippen LogP contribution in [0.25, 0.3) is 0 Å². The molecule has 2 aliphatic carbocycles. The molecular weight excluding hydrogens is 452 g/mol. The third-order valence-corrected chi connectivity index (χ3v) is 8.03. The number of fused-ring (bicyclic) bond motifs is 1. The largest absolute Gasteiger partial charge is 0.493 e. The van der Waals surface area contributed by atoms with Crippen LogP contribution in [0.4, 0.5) is 19.3 Å². The average Bonchev–Trinajstić information content (AvgIpc) is 3.61. The number of ether oxygens (including phenoxy) is 2. The van der Waals surface area contributed by atoms with E-state index in [4.69, 9.17) is 9.47 Å². The van der Waals surface area contributed by atoms with Gasteiger partial charge in [-0.2, -0.15) is 0 Å². The zero-order valence-electron chi connectivity index (χ0n) is 20.3. The van der Waals surface area contributed by atoms with Gasteiger partial charge in [0.2, 0.25) is 0 Å². The molecule has 0 spiro atoms. The van der Waals surface area contributed by atoms with Gasteiger partial charge in [0.25, 0.3) is 0 Å². The van der Waals surface area contributed by atoms with Crippen LogP contribution in [0.1, 0.15) is 44.1 Å². The molecule has 3 aliphatic rings. The molecule has 2 aromatic rings. The molecule has 1 saturated heterocycles. The molecule has 3 atom stereocenters. The second kappa shape index (κ2) is 9.64. The quantitative estimate of drug-likeness (QED) is 0.574. The maximum absolute atomic E-state index is 14.0. The zero-order valence-corrected chi connectivity index (χ0v) is 20.3. The van der Waals surface area contributed by atoms with Gasteiger partial charge in [-0.15, -0.1) is 0 Å². The Morgan fingerprint density at radius 2 is 1.86 bits per heavy atom. The number of anilines is 1. The van der Waals surface area contributed by atoms with E-state index in [1.807, 2.05) is 6.07 Å². The average molecular weight is 486 g/mol. The third-order valence-electron chi connectivity index (χ3n) is 8.03. The van der Waals surface area contributed by atoms with E-state index in [9.17, 15) is 13.6 Å². The number of likely N-dealkylation sites (tertiary alicyclic amines) is 1. The highest BCUT2D eigenvalue weighted by Crippen LogP contribution is 2.51. The molecule has 2 aromatic carbocycles. The van der Waals surface area contributed by atoms with E-state index in [1.165, 1.54) is 18.4 Å². The summed E-state index contributed by atoms with van der Waals surface area (Å²) in [6.07, 6.45) is 6.17. The van der Waals surface area contributed by atoms with Crippen molar-refractivity contribution in [2.24, 2.45) is 5.92 Å². The molecule has 188 valence electrons. The second-order valence-electron chi connectivity index (χ2n) is 10.1. The lowest BCUT2D eigenvalue weighted by atomic mass is 9.65. The number of nitrogens with zero attached hydrogens (tertiary/aromatic N) is 1. The summed E-state index contributed by atoms with van der Waals surface area (Å²) in [6, 6.07) is 9.00. The van der Waals surface area contributed by atoms with Crippen molar-refractivity contribution in [1.82, 2.24) is 10.2 Å². The van der Waals surface area contributed by atoms with Crippen molar-refractivity contribution in [3.05, 3.63) is 53.6 Å². The fraction of sp³-hybridized carbons (Fsp3) is 0.519. The number of hydrogen-bond acceptors (Lipinski definition) is 4. The Balaban J connectivity index is 1.34. The normalized spacial score (nSPS) is 26.2. The lowest BCUT2D eigenvalue weighted by molar-refractivity contribution is 0.132. The lowest BCUT2D eigenvalue weighted by Crippen LogP contribution is -2.53. The molecule has 8 heteroatoms. The molecule has 5 rings (SSSR count). The molecule has 0 aromatic heterocycles. The number of halogens is 2. The van der Waals surface area contributed by atoms with Crippen molar-refractivity contribution in [3.8, 4) is 11.5 Å². The first-order valence-corrected chi connectivity index (χ1v) is 12.4. The second-order valence-corrected chi connectivity index (χ2v) is 10.1. The van der Waals surface area contributed by atoms with Crippen molar-refractivity contribution in [3.63, 3.8) is 0 Å². The molecule has 1 aliphatic heterocycles. The van der Waals surface area contributed by atoms with Crippen LogP contribution in [-0.2, 0) is 5.41 Å². The van der Waals surface area contributed by atoms with Gasteiger partial charge in [0, 0.05) is 30.1 Å². The number of nitrogens with one attached hydrogen (secondary N) is 2. The summed E-state index contributed by atoms with van der Waals surface area (Å²) in [7, 11) is 3.30. The Bertz CT molecular complexity index is 1090. The van der Waals surface area contributed by atoms with Crippen molar-refractivity contribution in [2.75, 3.05) is 32.6 Å². The summed E-state index contributed by atoms with van der Waals surface area (Å²) in [5.41, 5.74) is 1.08. The van der Waals surface area contributed by atoms with Gasteiger partial charge >= 0.3 is 6.03 Å². The van der Waals surface area contributed by atoms with E-state index in [0.29, 0.717) is 5.75 Å². The number of benzene rings is 2. The fourth-order valence-corrected chi connectivity index (χ4v) is 6.05. The highest BCUT2D eigenvalue weighted by Gasteiger charge is 2.52. The Hall–Kier alpha value is -2.87. The van der Waals surface area contributed by atoms with E-state index in [0.717, 1.165) is 68.6 Å². The van der Waals surface area contributed by atoms with E-state index < -0.39 is 17.7 Å². The minimum Gasteiger partial charge on any atom is -0.493 e. The maximum atomic E-state index is 14.0. The summed E-state index contributed by atoms with van der Waals surface area (Å²) < 4.78 is 38.5. The summed E-state index contributed by atoms with van der Waals surface area (Å²) in [6.45, 7) is 2.12. The monoisotopic (exact) mass is 485 g/mol. The minimum atomic E-state index is -0.663. The molecule has 2 saturated carbocycles. The van der Waals surface area contributed by atoms with Gasteiger partial charge < -0.3 is 20.1 Å². The Labute approximate surface area is 205 Å². The highest BCUT2D eigenvalue weighted by atomic mass is 19.1. The van der Waals surface area contributed by atoms with Gasteiger partial charge in [-0.05, 0) is 80.8 Å². The predicted molar refractivity (Wildman–Crippen MR) is 130 cm³/mol. The standard InChI is InChI=1S/C27H33F2N3O3/c1-34-23-8-5-18(13-24(23)35-2)27-10-9-20(15-25(27)32(12-11-27)16-17-3-4-17)30-26(33)31-22-14-19(28)6-7-21(22)29/h5-8,13-14,17,20,25H,3-4,9-12,15-16H2,1-2H3,(H2,30,31,33)/t20-,25+,27-/m0/s1. The first-order chi connectivity index (χ1) is 16.9. The van der Waals surface area contributed by atoms with E-state index in [1.54, 1.807) is 14.2 Å². The topological polar surface area (TPSA) is 62.8 Å². The molecule has 0 unspecified atom stereocenters. The van der Waals surface area contributed by atoms with Gasteiger partial charge in [0.1, 0.15) is 11.6 Å². The fourth-order valence-electron chi connectivity index (χ4n) is 6.05. The van der Waals surface area contributed by atoms with Gasteiger partial charge in [0.15, 0.2) is 11.5 Å². The van der Waals surface area contributed by atoms with Gasteiger partial charge in [-0.1, -0.05) is 6.07 Å². The molecule has 3 fully saturated rings. The van der Waals surface area contributed by atoms with E-state index >= 15 is 0 Å². The summed E-state index contributed by atoms with van der Waals surface area (Å²) in [4.78, 5) is 15.3. The smallest absolute Gasteiger partial charge is 0.319 e. The Morgan fingerprint density at radius 3 is 2.60 bits per heavy atom. The molecule has 35 heavy (non-hydrogen) atoms. The van der Waals surface area contributed by atoms with Gasteiger partial charge in [0.05, 0.1) is 19.9 Å². The Morgan fingerprint density at radius 1 is 1.06 bits per heavy atom. The molecular formula is C27H33F2N3O3. The third kappa shape index (κ3) is 4.81. The number of carbonyl (C=O) groups is 1. The number of rotatable bonds is 7. The number of urea groups is 1. The van der Waals surface area contributed by atoms with Gasteiger partial charge in [-0.3, -0.25) is 4.90 Å².